The molecule has 0 aliphatic carbocycles. The molecule has 0 atom stereocenters. The van der Waals surface area contributed by atoms with Crippen LogP contribution in [0.4, 0.5) is 0 Å². The largest absolute Gasteiger partial charge is 0.813 e. The molecule has 1 nitrogen and oxygen atoms in total. The van der Waals surface area contributed by atoms with Gasteiger partial charge in [-0.2, -0.15) is 0 Å². The Morgan fingerprint density at radius 2 is 0.429 bits per heavy atom. The zero-order valence-electron chi connectivity index (χ0n) is 2.81. The Hall–Kier alpha value is 2.74. The molecule has 0 unspecified atom stereocenters. The van der Waals surface area contributed by atoms with Crippen molar-refractivity contribution in [1.82, 2.24) is 0 Å². The van der Waals surface area contributed by atoms with E-state index in [-0.39, 0.29) is 101 Å². The van der Waals surface area contributed by atoms with Gasteiger partial charge in [0.25, 0.3) is 0 Å². The van der Waals surface area contributed by atoms with Gasteiger partial charge in [0.2, 0.25) is 0 Å². The molecular formula is H4Fe4OS2-2. The Bertz CT molecular complexity index is 9.65. The molecule has 0 fully saturated rings. The van der Waals surface area contributed by atoms with Gasteiger partial charge in [0.15, 0.2) is 0 Å². The molecule has 7 heavy (non-hydrogen) atoms. The van der Waals surface area contributed by atoms with E-state index in [0.717, 1.165) is 0 Å². The molecule has 0 aliphatic heterocycles. The van der Waals surface area contributed by atoms with Crippen LogP contribution < -0.4 is 0 Å². The van der Waals surface area contributed by atoms with E-state index >= 15 is 0 Å². The molecule has 0 aromatic heterocycles. The average Bonchev–Trinajstić information content (AvgIpc) is 0. The zero-order valence-corrected chi connectivity index (χ0v) is 9.01. The molecule has 0 saturated heterocycles. The summed E-state index contributed by atoms with van der Waals surface area (Å²) in [5.41, 5.74) is 0. The maximum Gasteiger partial charge on any atom is 0 e. The molecule has 0 spiro atoms. The van der Waals surface area contributed by atoms with Crippen molar-refractivity contribution >= 4 is 27.0 Å². The minimum absolute atomic E-state index is 0. The van der Waals surface area contributed by atoms with Gasteiger partial charge < -0.3 is 32.5 Å². The van der Waals surface area contributed by atoms with Gasteiger partial charge in [-0.05, 0) is 0 Å². The van der Waals surface area contributed by atoms with Crippen molar-refractivity contribution in [3.8, 4) is 0 Å². The first-order chi connectivity index (χ1) is 0. The van der Waals surface area contributed by atoms with Crippen LogP contribution in [0.1, 0.15) is 0 Å². The summed E-state index contributed by atoms with van der Waals surface area (Å²) in [6, 6.07) is 0. The van der Waals surface area contributed by atoms with Crippen LogP contribution in [0.5, 0.6) is 0 Å². The second-order valence-electron chi connectivity index (χ2n) is 0. The number of hydrogen-bond acceptors (Lipinski definition) is 2. The first kappa shape index (κ1) is 99.2. The summed E-state index contributed by atoms with van der Waals surface area (Å²) in [6.45, 7) is 0. The van der Waals surface area contributed by atoms with Crippen LogP contribution in [-0.2, 0) is 95.3 Å². The van der Waals surface area contributed by atoms with Crippen molar-refractivity contribution in [2.45, 2.75) is 0 Å². The van der Waals surface area contributed by atoms with E-state index in [2.05, 4.69) is 0 Å². The fourth-order valence-corrected chi connectivity index (χ4v) is 0. The first-order valence-corrected chi connectivity index (χ1v) is 0. The molecular weight excluding hydrogens is 304 g/mol. The van der Waals surface area contributed by atoms with Crippen LogP contribution in [0.25, 0.3) is 0 Å². The molecule has 2 N–H and O–H groups in total. The molecule has 0 aromatic carbocycles. The van der Waals surface area contributed by atoms with Crippen molar-refractivity contribution < 1.29 is 73.8 Å². The summed E-state index contributed by atoms with van der Waals surface area (Å²) in [7, 11) is 0. The van der Waals surface area contributed by atoms with E-state index in [0.29, 0.717) is 0 Å². The molecule has 56 valence electrons. The van der Waals surface area contributed by atoms with Gasteiger partial charge in [-0.1, -0.05) is 0 Å². The molecule has 0 heterocycles. The van der Waals surface area contributed by atoms with Crippen LogP contribution in [-0.4, -0.2) is 5.48 Å². The number of rotatable bonds is 0. The molecule has 0 rings (SSSR count). The minimum Gasteiger partial charge on any atom is -0.813 e. The predicted molar refractivity (Wildman–Crippen MR) is 21.1 cm³/mol. The minimum atomic E-state index is 0. The Morgan fingerprint density at radius 1 is 0.429 bits per heavy atom. The van der Waals surface area contributed by atoms with Crippen molar-refractivity contribution in [3.63, 3.8) is 0 Å². The van der Waals surface area contributed by atoms with Crippen LogP contribution in [0.3, 0.4) is 0 Å². The van der Waals surface area contributed by atoms with Gasteiger partial charge in [-0.3, -0.25) is 0 Å². The Balaban J connectivity index is 0. The quantitative estimate of drug-likeness (QED) is 0.314. The van der Waals surface area contributed by atoms with Gasteiger partial charge in [0.05, 0.1) is 0 Å². The molecule has 0 bridgehead atoms. The first-order valence-electron chi connectivity index (χ1n) is 0. The van der Waals surface area contributed by atoms with Crippen LogP contribution >= 0.6 is 0 Å². The SMILES string of the molecule is O.[Fe].[Fe].[Fe].[Fe].[SH-].[SH-]. The molecule has 0 amide bonds. The second-order valence-corrected chi connectivity index (χ2v) is 0. The van der Waals surface area contributed by atoms with Crippen molar-refractivity contribution in [3.05, 3.63) is 0 Å². The predicted octanol–water partition coefficient (Wildman–Crippen LogP) is -1.37. The second kappa shape index (κ2) is 69.8. The molecule has 0 aromatic rings. The number of hydrogen-bond donors (Lipinski definition) is 0. The third kappa shape index (κ3) is 52.9. The molecule has 0 radical (unpaired) electrons. The number of thiol groups is 2. The summed E-state index contributed by atoms with van der Waals surface area (Å²) in [4.78, 5) is 0. The third-order valence-corrected chi connectivity index (χ3v) is 0. The maximum absolute atomic E-state index is 0. The van der Waals surface area contributed by atoms with Crippen molar-refractivity contribution in [2.75, 3.05) is 0 Å². The van der Waals surface area contributed by atoms with E-state index < -0.39 is 0 Å². The molecule has 0 saturated carbocycles. The summed E-state index contributed by atoms with van der Waals surface area (Å²) >= 11 is 0. The summed E-state index contributed by atoms with van der Waals surface area (Å²) < 4.78 is 0. The van der Waals surface area contributed by atoms with Crippen LogP contribution in [0.15, 0.2) is 0 Å². The standard InChI is InChI=1S/4Fe.H2O.2H2S/h;;;;3*1H2/p-2. The van der Waals surface area contributed by atoms with Gasteiger partial charge >= 0.3 is 0 Å². The Kier molecular flexibility index (Phi) is 989. The fraction of sp³-hybridized carbons (Fsp3) is 0. The van der Waals surface area contributed by atoms with E-state index in [4.69, 9.17) is 0 Å². The van der Waals surface area contributed by atoms with Gasteiger partial charge in [-0.15, -0.1) is 0 Å². The summed E-state index contributed by atoms with van der Waals surface area (Å²) in [5.74, 6) is 0. The van der Waals surface area contributed by atoms with Gasteiger partial charge in [0.1, 0.15) is 0 Å². The Morgan fingerprint density at radius 3 is 0.429 bits per heavy atom. The molecule has 0 aliphatic rings. The maximum atomic E-state index is 0. The van der Waals surface area contributed by atoms with Crippen LogP contribution in [0, 0.1) is 0 Å². The normalized spacial score (nSPS) is 0. The summed E-state index contributed by atoms with van der Waals surface area (Å²) in [6.07, 6.45) is 0. The van der Waals surface area contributed by atoms with Crippen molar-refractivity contribution in [2.24, 2.45) is 0 Å². The monoisotopic (exact) mass is 308 g/mol. The van der Waals surface area contributed by atoms with Crippen LogP contribution in [0.2, 0.25) is 0 Å². The molecule has 7 heteroatoms. The van der Waals surface area contributed by atoms with Gasteiger partial charge in [-0.25, -0.2) is 0 Å². The smallest absolute Gasteiger partial charge is 0 e. The van der Waals surface area contributed by atoms with E-state index in [9.17, 15) is 0 Å². The van der Waals surface area contributed by atoms with Gasteiger partial charge in [0, 0.05) is 68.3 Å². The van der Waals surface area contributed by atoms with Crippen molar-refractivity contribution in [1.29, 1.82) is 0 Å². The topological polar surface area (TPSA) is 31.5 Å². The summed E-state index contributed by atoms with van der Waals surface area (Å²) in [5, 5.41) is 0. The Labute approximate surface area is 99.6 Å². The van der Waals surface area contributed by atoms with E-state index in [1.807, 2.05) is 0 Å². The zero-order chi connectivity index (χ0) is 0. The van der Waals surface area contributed by atoms with E-state index in [1.165, 1.54) is 0 Å². The third-order valence-electron chi connectivity index (χ3n) is 0. The fourth-order valence-electron chi connectivity index (χ4n) is 0. The van der Waals surface area contributed by atoms with E-state index in [1.54, 1.807) is 0 Å². The average molecular weight is 308 g/mol.